The van der Waals surface area contributed by atoms with Crippen molar-refractivity contribution < 1.29 is 0 Å². The number of thiophene rings is 1. The van der Waals surface area contributed by atoms with E-state index in [2.05, 4.69) is 35.1 Å². The molecule has 1 fully saturated rings. The Hall–Kier alpha value is -0.380. The van der Waals surface area contributed by atoms with Gasteiger partial charge in [-0.2, -0.15) is 0 Å². The molecule has 1 unspecified atom stereocenters. The van der Waals surface area contributed by atoms with Gasteiger partial charge < -0.3 is 10.6 Å². The minimum atomic E-state index is 0.529. The van der Waals surface area contributed by atoms with Crippen LogP contribution in [0.25, 0.3) is 0 Å². The maximum Gasteiger partial charge on any atom is 0.0542 e. The van der Waals surface area contributed by atoms with Crippen LogP contribution in [0.15, 0.2) is 17.5 Å². The fraction of sp³-hybridized carbons (Fsp3) is 0.556. The number of rotatable bonds is 1. The Balaban J connectivity index is 1.99. The lowest BCUT2D eigenvalue weighted by molar-refractivity contribution is 0.370. The molecule has 2 rings (SSSR count). The van der Waals surface area contributed by atoms with Gasteiger partial charge in [0.2, 0.25) is 0 Å². The summed E-state index contributed by atoms with van der Waals surface area (Å²) < 4.78 is 0. The highest BCUT2D eigenvalue weighted by atomic mass is 32.1. The quantitative estimate of drug-likeness (QED) is 0.685. The smallest absolute Gasteiger partial charge is 0.0542 e. The van der Waals surface area contributed by atoms with Crippen LogP contribution in [0.4, 0.5) is 0 Å². The summed E-state index contributed by atoms with van der Waals surface area (Å²) in [5, 5.41) is 9.12. The van der Waals surface area contributed by atoms with E-state index in [4.69, 9.17) is 0 Å². The van der Waals surface area contributed by atoms with Gasteiger partial charge in [-0.15, -0.1) is 11.3 Å². The lowest BCUT2D eigenvalue weighted by Gasteiger charge is -2.28. The zero-order valence-corrected chi connectivity index (χ0v) is 8.03. The Morgan fingerprint density at radius 3 is 2.92 bits per heavy atom. The van der Waals surface area contributed by atoms with Crippen molar-refractivity contribution >= 4 is 11.3 Å². The Kier molecular flexibility index (Phi) is 2.44. The monoisotopic (exact) mass is 182 g/mol. The van der Waals surface area contributed by atoms with Crippen LogP contribution in [-0.4, -0.2) is 19.1 Å². The molecule has 2 N–H and O–H groups in total. The lowest BCUT2D eigenvalue weighted by atomic mass is 10.1. The van der Waals surface area contributed by atoms with Crippen LogP contribution in [0.1, 0.15) is 17.8 Å². The van der Waals surface area contributed by atoms with Crippen LogP contribution < -0.4 is 10.6 Å². The summed E-state index contributed by atoms with van der Waals surface area (Å²) in [7, 11) is 0. The maximum absolute atomic E-state index is 3.52. The van der Waals surface area contributed by atoms with Crippen LogP contribution in [0, 0.1) is 0 Å². The fourth-order valence-corrected chi connectivity index (χ4v) is 2.28. The predicted molar refractivity (Wildman–Crippen MR) is 52.5 cm³/mol. The minimum absolute atomic E-state index is 0.529. The Labute approximate surface area is 77.0 Å². The van der Waals surface area contributed by atoms with Crippen LogP contribution in [0.3, 0.4) is 0 Å². The Morgan fingerprint density at radius 2 is 2.33 bits per heavy atom. The van der Waals surface area contributed by atoms with E-state index in [1.165, 1.54) is 4.88 Å². The van der Waals surface area contributed by atoms with Gasteiger partial charge in [0.25, 0.3) is 0 Å². The first-order valence-electron chi connectivity index (χ1n) is 4.36. The van der Waals surface area contributed by atoms with Crippen molar-refractivity contribution in [1.82, 2.24) is 10.6 Å². The first-order valence-corrected chi connectivity index (χ1v) is 5.24. The van der Waals surface area contributed by atoms with E-state index in [1.54, 1.807) is 0 Å². The van der Waals surface area contributed by atoms with E-state index in [0.717, 1.165) is 13.1 Å². The van der Waals surface area contributed by atoms with Crippen LogP contribution in [0.5, 0.6) is 0 Å². The third kappa shape index (κ3) is 1.68. The normalized spacial score (nSPS) is 30.4. The molecular weight excluding hydrogens is 168 g/mol. The van der Waals surface area contributed by atoms with E-state index in [1.807, 2.05) is 11.3 Å². The van der Waals surface area contributed by atoms with E-state index < -0.39 is 0 Å². The molecule has 0 aromatic carbocycles. The molecule has 12 heavy (non-hydrogen) atoms. The van der Waals surface area contributed by atoms with Crippen LogP contribution in [-0.2, 0) is 0 Å². The molecule has 1 aliphatic rings. The molecule has 1 aliphatic heterocycles. The van der Waals surface area contributed by atoms with Gasteiger partial charge in [0.1, 0.15) is 0 Å². The zero-order valence-electron chi connectivity index (χ0n) is 7.21. The minimum Gasteiger partial charge on any atom is -0.311 e. The molecule has 2 heterocycles. The van der Waals surface area contributed by atoms with Gasteiger partial charge in [-0.1, -0.05) is 6.07 Å². The molecule has 2 nitrogen and oxygen atoms in total. The second-order valence-corrected chi connectivity index (χ2v) is 4.26. The summed E-state index contributed by atoms with van der Waals surface area (Å²) in [5.74, 6) is 0. The maximum atomic E-state index is 3.52. The topological polar surface area (TPSA) is 24.1 Å². The molecule has 1 aromatic heterocycles. The van der Waals surface area contributed by atoms with Crippen LogP contribution >= 0.6 is 11.3 Å². The van der Waals surface area contributed by atoms with Gasteiger partial charge in [-0.3, -0.25) is 0 Å². The van der Waals surface area contributed by atoms with Gasteiger partial charge in [0, 0.05) is 24.0 Å². The molecule has 1 aromatic rings. The second-order valence-electron chi connectivity index (χ2n) is 3.29. The van der Waals surface area contributed by atoms with E-state index >= 15 is 0 Å². The largest absolute Gasteiger partial charge is 0.311 e. The molecule has 2 atom stereocenters. The fourth-order valence-electron chi connectivity index (χ4n) is 1.47. The average Bonchev–Trinajstić information content (AvgIpc) is 2.58. The second kappa shape index (κ2) is 3.56. The predicted octanol–water partition coefficient (Wildman–Crippen LogP) is 1.37. The zero-order chi connectivity index (χ0) is 8.39. The highest BCUT2D eigenvalue weighted by molar-refractivity contribution is 7.10. The van der Waals surface area contributed by atoms with Crippen molar-refractivity contribution in [2.24, 2.45) is 0 Å². The van der Waals surface area contributed by atoms with Gasteiger partial charge in [-0.05, 0) is 18.4 Å². The number of piperazine rings is 1. The van der Waals surface area contributed by atoms with Crippen LogP contribution in [0.2, 0.25) is 0 Å². The molecule has 66 valence electrons. The number of nitrogens with one attached hydrogen (secondary N) is 2. The summed E-state index contributed by atoms with van der Waals surface area (Å²) in [6.45, 7) is 4.34. The molecular formula is C9H14N2S. The number of hydrogen-bond acceptors (Lipinski definition) is 3. The molecule has 0 saturated carbocycles. The van der Waals surface area contributed by atoms with E-state index in [0.29, 0.717) is 12.1 Å². The SMILES string of the molecule is C[C@@H]1CNC(c2cccs2)CN1. The summed E-state index contributed by atoms with van der Waals surface area (Å²) in [6.07, 6.45) is 0. The van der Waals surface area contributed by atoms with Crippen molar-refractivity contribution in [1.29, 1.82) is 0 Å². The molecule has 3 heteroatoms. The molecule has 1 saturated heterocycles. The van der Waals surface area contributed by atoms with Gasteiger partial charge in [-0.25, -0.2) is 0 Å². The number of hydrogen-bond donors (Lipinski definition) is 2. The van der Waals surface area contributed by atoms with E-state index in [9.17, 15) is 0 Å². The molecule has 0 radical (unpaired) electrons. The van der Waals surface area contributed by atoms with Crippen molar-refractivity contribution in [3.05, 3.63) is 22.4 Å². The standard InChI is InChI=1S/C9H14N2S/c1-7-5-11-8(6-10-7)9-3-2-4-12-9/h2-4,7-8,10-11H,5-6H2,1H3/t7-,8?/m1/s1. The molecule has 0 aliphatic carbocycles. The summed E-state index contributed by atoms with van der Waals surface area (Å²) in [6, 6.07) is 5.45. The van der Waals surface area contributed by atoms with Gasteiger partial charge >= 0.3 is 0 Å². The molecule has 0 amide bonds. The Morgan fingerprint density at radius 1 is 1.42 bits per heavy atom. The highest BCUT2D eigenvalue weighted by Crippen LogP contribution is 2.19. The summed E-state index contributed by atoms with van der Waals surface area (Å²) >= 11 is 1.83. The van der Waals surface area contributed by atoms with Crippen molar-refractivity contribution in [2.45, 2.75) is 19.0 Å². The lowest BCUT2D eigenvalue weighted by Crippen LogP contribution is -2.48. The first kappa shape index (κ1) is 8.23. The summed E-state index contributed by atoms with van der Waals surface area (Å²) in [5.41, 5.74) is 0. The van der Waals surface area contributed by atoms with Crippen molar-refractivity contribution in [3.8, 4) is 0 Å². The van der Waals surface area contributed by atoms with Crippen molar-refractivity contribution in [3.63, 3.8) is 0 Å². The highest BCUT2D eigenvalue weighted by Gasteiger charge is 2.18. The third-order valence-corrected chi connectivity index (χ3v) is 3.21. The molecule has 0 bridgehead atoms. The third-order valence-electron chi connectivity index (χ3n) is 2.23. The van der Waals surface area contributed by atoms with Gasteiger partial charge in [0.05, 0.1) is 6.04 Å². The van der Waals surface area contributed by atoms with Gasteiger partial charge in [0.15, 0.2) is 0 Å². The summed E-state index contributed by atoms with van der Waals surface area (Å²) in [4.78, 5) is 1.44. The van der Waals surface area contributed by atoms with Crippen molar-refractivity contribution in [2.75, 3.05) is 13.1 Å². The Bertz CT molecular complexity index is 225. The molecule has 0 spiro atoms. The first-order chi connectivity index (χ1) is 5.86. The average molecular weight is 182 g/mol. The van der Waals surface area contributed by atoms with E-state index in [-0.39, 0.29) is 0 Å².